The SMILES string of the molecule is Cc1cc(C2CCN(C(=O)OC(C)(C)C)C(S)C2)ccc1Nc1ncc(C(F)(F)F)c(Cl)n1. The quantitative estimate of drug-likeness (QED) is 0.367. The summed E-state index contributed by atoms with van der Waals surface area (Å²) < 4.78 is 44.0. The number of amides is 1. The van der Waals surface area contributed by atoms with Crippen LogP contribution in [0.4, 0.5) is 29.6 Å². The third kappa shape index (κ3) is 6.44. The molecule has 33 heavy (non-hydrogen) atoms. The van der Waals surface area contributed by atoms with Crippen LogP contribution >= 0.6 is 24.2 Å². The maximum absolute atomic E-state index is 12.8. The minimum Gasteiger partial charge on any atom is -0.444 e. The summed E-state index contributed by atoms with van der Waals surface area (Å²) >= 11 is 10.3. The number of rotatable bonds is 3. The molecule has 0 radical (unpaired) electrons. The van der Waals surface area contributed by atoms with Gasteiger partial charge in [0.1, 0.15) is 16.3 Å². The highest BCUT2D eigenvalue weighted by molar-refractivity contribution is 7.80. The van der Waals surface area contributed by atoms with Gasteiger partial charge in [0.15, 0.2) is 0 Å². The molecule has 1 fully saturated rings. The lowest BCUT2D eigenvalue weighted by molar-refractivity contribution is -0.137. The predicted molar refractivity (Wildman–Crippen MR) is 124 cm³/mol. The number of anilines is 2. The van der Waals surface area contributed by atoms with Crippen LogP contribution in [0.25, 0.3) is 0 Å². The number of nitrogens with one attached hydrogen (secondary N) is 1. The zero-order valence-electron chi connectivity index (χ0n) is 18.7. The Morgan fingerprint density at radius 2 is 2.00 bits per heavy atom. The van der Waals surface area contributed by atoms with Gasteiger partial charge in [-0.25, -0.2) is 14.8 Å². The Kier molecular flexibility index (Phi) is 7.38. The standard InChI is InChI=1S/C22H26ClF3N4O2S/c1-12-9-13(14-7-8-30(17(33)10-14)20(31)32-21(2,3)4)5-6-16(12)28-19-27-11-15(18(23)29-19)22(24,25)26/h5-6,9,11,14,17,33H,7-8,10H2,1-4H3,(H,27,28,29). The Morgan fingerprint density at radius 1 is 1.30 bits per heavy atom. The minimum absolute atomic E-state index is 0.0232. The molecule has 1 aliphatic heterocycles. The number of carbonyl (C=O) groups is 1. The van der Waals surface area contributed by atoms with Crippen molar-refractivity contribution in [3.63, 3.8) is 0 Å². The van der Waals surface area contributed by atoms with Crippen molar-refractivity contribution in [2.24, 2.45) is 0 Å². The van der Waals surface area contributed by atoms with Gasteiger partial charge >= 0.3 is 12.3 Å². The number of alkyl halides is 3. The number of thiol groups is 1. The highest BCUT2D eigenvalue weighted by Gasteiger charge is 2.35. The zero-order valence-corrected chi connectivity index (χ0v) is 20.4. The maximum atomic E-state index is 12.8. The first-order chi connectivity index (χ1) is 15.2. The van der Waals surface area contributed by atoms with E-state index in [1.54, 1.807) is 4.90 Å². The molecule has 2 unspecified atom stereocenters. The molecule has 0 aliphatic carbocycles. The Labute approximate surface area is 201 Å². The van der Waals surface area contributed by atoms with E-state index in [9.17, 15) is 18.0 Å². The van der Waals surface area contributed by atoms with Gasteiger partial charge in [0.25, 0.3) is 0 Å². The summed E-state index contributed by atoms with van der Waals surface area (Å²) in [6.07, 6.45) is -2.89. The molecule has 0 saturated carbocycles. The van der Waals surface area contributed by atoms with Gasteiger partial charge in [-0.2, -0.15) is 25.8 Å². The average Bonchev–Trinajstić information content (AvgIpc) is 2.67. The van der Waals surface area contributed by atoms with Gasteiger partial charge in [0.2, 0.25) is 5.95 Å². The molecule has 2 heterocycles. The summed E-state index contributed by atoms with van der Waals surface area (Å²) in [5, 5.41) is 1.99. The fraction of sp³-hybridized carbons (Fsp3) is 0.500. The molecule has 0 spiro atoms. The van der Waals surface area contributed by atoms with Crippen molar-refractivity contribution < 1.29 is 22.7 Å². The molecule has 1 aromatic carbocycles. The number of halogens is 4. The van der Waals surface area contributed by atoms with E-state index in [4.69, 9.17) is 16.3 Å². The second kappa shape index (κ2) is 9.58. The molecule has 1 aromatic heterocycles. The molecular formula is C22H26ClF3N4O2S. The number of aromatic nitrogens is 2. The fourth-order valence-electron chi connectivity index (χ4n) is 3.59. The molecule has 1 amide bonds. The summed E-state index contributed by atoms with van der Waals surface area (Å²) in [5.74, 6) is 0.181. The number of nitrogens with zero attached hydrogens (tertiary/aromatic N) is 3. The number of aryl methyl sites for hydroxylation is 1. The average molecular weight is 503 g/mol. The van der Waals surface area contributed by atoms with Crippen LogP contribution in [-0.2, 0) is 10.9 Å². The lowest BCUT2D eigenvalue weighted by atomic mass is 9.88. The van der Waals surface area contributed by atoms with Crippen molar-refractivity contribution in [1.82, 2.24) is 14.9 Å². The number of piperidine rings is 1. The first kappa shape index (κ1) is 25.4. The van der Waals surface area contributed by atoms with Crippen LogP contribution in [0.5, 0.6) is 0 Å². The Balaban J connectivity index is 1.68. The van der Waals surface area contributed by atoms with Crippen LogP contribution in [0.15, 0.2) is 24.4 Å². The number of likely N-dealkylation sites (tertiary alicyclic amines) is 1. The second-order valence-corrected chi connectivity index (χ2v) is 9.92. The van der Waals surface area contributed by atoms with Crippen molar-refractivity contribution in [1.29, 1.82) is 0 Å². The van der Waals surface area contributed by atoms with Gasteiger partial charge < -0.3 is 10.1 Å². The van der Waals surface area contributed by atoms with Gasteiger partial charge in [-0.05, 0) is 63.6 Å². The van der Waals surface area contributed by atoms with Gasteiger partial charge in [-0.1, -0.05) is 23.7 Å². The van der Waals surface area contributed by atoms with Crippen LogP contribution in [-0.4, -0.2) is 38.5 Å². The highest BCUT2D eigenvalue weighted by Crippen LogP contribution is 2.36. The summed E-state index contributed by atoms with van der Waals surface area (Å²) in [6, 6.07) is 5.77. The lowest BCUT2D eigenvalue weighted by Crippen LogP contribution is -2.45. The van der Waals surface area contributed by atoms with E-state index in [1.165, 1.54) is 0 Å². The van der Waals surface area contributed by atoms with Crippen molar-refractivity contribution in [3.05, 3.63) is 46.2 Å². The first-order valence-corrected chi connectivity index (χ1v) is 11.3. The van der Waals surface area contributed by atoms with Gasteiger partial charge in [0, 0.05) is 18.4 Å². The maximum Gasteiger partial charge on any atom is 0.420 e. The number of ether oxygens (including phenoxy) is 1. The van der Waals surface area contributed by atoms with E-state index in [0.29, 0.717) is 24.8 Å². The summed E-state index contributed by atoms with van der Waals surface area (Å²) in [6.45, 7) is 7.89. The first-order valence-electron chi connectivity index (χ1n) is 10.4. The van der Waals surface area contributed by atoms with Crippen LogP contribution in [0.2, 0.25) is 5.15 Å². The number of benzene rings is 1. The minimum atomic E-state index is -4.61. The van der Waals surface area contributed by atoms with E-state index >= 15 is 0 Å². The van der Waals surface area contributed by atoms with Crippen molar-refractivity contribution in [2.75, 3.05) is 11.9 Å². The molecule has 2 atom stereocenters. The molecule has 1 aliphatic rings. The summed E-state index contributed by atoms with van der Waals surface area (Å²) in [4.78, 5) is 21.5. The third-order valence-electron chi connectivity index (χ3n) is 5.22. The predicted octanol–water partition coefficient (Wildman–Crippen LogP) is 6.57. The Hall–Kier alpha value is -2.20. The van der Waals surface area contributed by atoms with E-state index in [0.717, 1.165) is 17.5 Å². The summed E-state index contributed by atoms with van der Waals surface area (Å²) in [7, 11) is 0. The number of hydrogen-bond donors (Lipinski definition) is 2. The molecule has 1 N–H and O–H groups in total. The molecule has 6 nitrogen and oxygen atoms in total. The Morgan fingerprint density at radius 3 is 2.55 bits per heavy atom. The van der Waals surface area contributed by atoms with Gasteiger partial charge in [-0.15, -0.1) is 0 Å². The van der Waals surface area contributed by atoms with Crippen molar-refractivity contribution >= 4 is 42.0 Å². The van der Waals surface area contributed by atoms with E-state index < -0.39 is 22.5 Å². The second-order valence-electron chi connectivity index (χ2n) is 8.97. The van der Waals surface area contributed by atoms with E-state index in [2.05, 4.69) is 27.9 Å². The molecule has 3 rings (SSSR count). The van der Waals surface area contributed by atoms with Crippen molar-refractivity contribution in [3.8, 4) is 0 Å². The Bertz CT molecular complexity index is 1030. The third-order valence-corrected chi connectivity index (χ3v) is 6.00. The molecule has 2 aromatic rings. The van der Waals surface area contributed by atoms with Crippen LogP contribution in [0.3, 0.4) is 0 Å². The van der Waals surface area contributed by atoms with E-state index in [1.807, 2.05) is 45.9 Å². The molecule has 1 saturated heterocycles. The van der Waals surface area contributed by atoms with Crippen LogP contribution in [0.1, 0.15) is 56.2 Å². The summed E-state index contributed by atoms with van der Waals surface area (Å²) in [5.41, 5.74) is 0.969. The fourth-order valence-corrected chi connectivity index (χ4v) is 4.29. The number of carbonyl (C=O) groups excluding carboxylic acids is 1. The zero-order chi connectivity index (χ0) is 24.6. The normalized spacial score (nSPS) is 19.4. The van der Waals surface area contributed by atoms with Crippen molar-refractivity contribution in [2.45, 2.75) is 63.6 Å². The molecule has 0 bridgehead atoms. The van der Waals surface area contributed by atoms with Gasteiger partial charge in [-0.3, -0.25) is 4.90 Å². The lowest BCUT2D eigenvalue weighted by Gasteiger charge is -2.38. The van der Waals surface area contributed by atoms with Gasteiger partial charge in [0.05, 0.1) is 5.37 Å². The molecular weight excluding hydrogens is 477 g/mol. The molecule has 11 heteroatoms. The largest absolute Gasteiger partial charge is 0.444 e. The topological polar surface area (TPSA) is 67.3 Å². The number of hydrogen-bond acceptors (Lipinski definition) is 6. The monoisotopic (exact) mass is 502 g/mol. The van der Waals surface area contributed by atoms with E-state index in [-0.39, 0.29) is 23.3 Å². The van der Waals surface area contributed by atoms with Crippen LogP contribution < -0.4 is 5.32 Å². The highest BCUT2D eigenvalue weighted by atomic mass is 35.5. The smallest absolute Gasteiger partial charge is 0.420 e. The van der Waals surface area contributed by atoms with Crippen LogP contribution in [0, 0.1) is 6.92 Å². The molecule has 180 valence electrons.